The lowest BCUT2D eigenvalue weighted by molar-refractivity contribution is 0.0998. The fourth-order valence-corrected chi connectivity index (χ4v) is 4.44. The molecular weight excluding hydrogens is 410 g/mol. The van der Waals surface area contributed by atoms with Gasteiger partial charge in [-0.05, 0) is 44.0 Å². The minimum absolute atomic E-state index is 0.0763. The number of carbonyl (C=O) groups is 1. The normalized spacial score (nSPS) is 14.7. The third-order valence-electron chi connectivity index (χ3n) is 5.33. The molecule has 0 saturated heterocycles. The Morgan fingerprint density at radius 1 is 1.29 bits per heavy atom. The molecule has 4 N–H and O–H groups in total. The number of nitrogens with two attached hydrogens (primary N) is 1. The maximum atomic E-state index is 11.7. The highest BCUT2D eigenvalue weighted by Crippen LogP contribution is 2.28. The molecule has 0 aliphatic heterocycles. The van der Waals surface area contributed by atoms with Crippen LogP contribution in [0.5, 0.6) is 5.75 Å². The quantitative estimate of drug-likeness (QED) is 0.418. The van der Waals surface area contributed by atoms with Gasteiger partial charge in [0.05, 0.1) is 23.5 Å². The van der Waals surface area contributed by atoms with Gasteiger partial charge in [-0.2, -0.15) is 5.10 Å². The number of hydrogen-bond donors (Lipinski definition) is 3. The highest BCUT2D eigenvalue weighted by Gasteiger charge is 2.21. The fourth-order valence-electron chi connectivity index (χ4n) is 3.53. The number of aromatic hydroxyl groups is 1. The van der Waals surface area contributed by atoms with Crippen LogP contribution in [0.2, 0.25) is 0 Å². The van der Waals surface area contributed by atoms with Crippen molar-refractivity contribution in [1.29, 1.82) is 0 Å². The van der Waals surface area contributed by atoms with E-state index in [0.717, 1.165) is 51.1 Å². The number of benzene rings is 2. The number of primary amides is 1. The highest BCUT2D eigenvalue weighted by molar-refractivity contribution is 7.07. The van der Waals surface area contributed by atoms with Crippen molar-refractivity contribution in [3.05, 3.63) is 69.5 Å². The van der Waals surface area contributed by atoms with Crippen molar-refractivity contribution in [2.75, 3.05) is 0 Å². The molecular formula is C23H21N5O2S. The standard InChI is InChI=1S/C23H21N5O2S/c1-13-18(16-4-2-3-5-19(16)26-13)11-25-28-20(12-31-23(28)27-15-7-8-15)14-6-9-21(29)17(10-14)22(24)30/h2-6,9-12,15,26,29H,7-8H2,1H3,(H2,24,30)/b25-11+,27-23?. The maximum absolute atomic E-state index is 11.7. The summed E-state index contributed by atoms with van der Waals surface area (Å²) in [6.45, 7) is 2.02. The van der Waals surface area contributed by atoms with E-state index in [1.165, 1.54) is 17.4 Å². The first-order valence-corrected chi connectivity index (χ1v) is 10.9. The number of nitrogens with zero attached hydrogens (tertiary/aromatic N) is 3. The minimum Gasteiger partial charge on any atom is -0.507 e. The molecule has 8 heteroatoms. The van der Waals surface area contributed by atoms with Crippen molar-refractivity contribution < 1.29 is 9.90 Å². The lowest BCUT2D eigenvalue weighted by Crippen LogP contribution is -2.14. The highest BCUT2D eigenvalue weighted by atomic mass is 32.1. The molecule has 1 fully saturated rings. The number of nitrogens with one attached hydrogen (secondary N) is 1. The van der Waals surface area contributed by atoms with Crippen molar-refractivity contribution in [1.82, 2.24) is 9.66 Å². The van der Waals surface area contributed by atoms with Crippen molar-refractivity contribution >= 4 is 34.4 Å². The number of para-hydroxylation sites is 1. The van der Waals surface area contributed by atoms with Crippen molar-refractivity contribution in [2.45, 2.75) is 25.8 Å². The number of hydrogen-bond acceptors (Lipinski definition) is 5. The second-order valence-electron chi connectivity index (χ2n) is 7.63. The summed E-state index contributed by atoms with van der Waals surface area (Å²) in [7, 11) is 0. The van der Waals surface area contributed by atoms with Crippen molar-refractivity contribution in [3.63, 3.8) is 0 Å². The Morgan fingerprint density at radius 3 is 2.87 bits per heavy atom. The van der Waals surface area contributed by atoms with Gasteiger partial charge in [0.25, 0.3) is 5.91 Å². The molecule has 0 radical (unpaired) electrons. The Balaban J connectivity index is 1.65. The minimum atomic E-state index is -0.679. The molecule has 0 atom stereocenters. The molecule has 1 aliphatic carbocycles. The molecule has 2 aromatic carbocycles. The van der Waals surface area contributed by atoms with E-state index >= 15 is 0 Å². The number of aromatic nitrogens is 2. The first-order chi connectivity index (χ1) is 15.0. The maximum Gasteiger partial charge on any atom is 0.252 e. The van der Waals surface area contributed by atoms with E-state index in [1.54, 1.807) is 16.8 Å². The van der Waals surface area contributed by atoms with Crippen LogP contribution in [-0.4, -0.2) is 32.9 Å². The molecule has 0 unspecified atom stereocenters. The molecule has 1 aliphatic rings. The number of aromatic amines is 1. The van der Waals surface area contributed by atoms with Gasteiger partial charge in [-0.25, -0.2) is 4.68 Å². The predicted octanol–water partition coefficient (Wildman–Crippen LogP) is 3.76. The van der Waals surface area contributed by atoms with Gasteiger partial charge in [-0.15, -0.1) is 11.3 Å². The molecule has 1 amide bonds. The van der Waals surface area contributed by atoms with Gasteiger partial charge in [0.15, 0.2) is 0 Å². The largest absolute Gasteiger partial charge is 0.507 e. The molecule has 2 heterocycles. The molecule has 0 spiro atoms. The summed E-state index contributed by atoms with van der Waals surface area (Å²) in [5, 5.41) is 17.8. The molecule has 156 valence electrons. The van der Waals surface area contributed by atoms with E-state index in [9.17, 15) is 9.90 Å². The summed E-state index contributed by atoms with van der Waals surface area (Å²) in [4.78, 5) is 20.7. The zero-order valence-corrected chi connectivity index (χ0v) is 17.7. The van der Waals surface area contributed by atoms with Crippen LogP contribution >= 0.6 is 11.3 Å². The smallest absolute Gasteiger partial charge is 0.252 e. The molecule has 0 bridgehead atoms. The van der Waals surface area contributed by atoms with Crippen LogP contribution in [-0.2, 0) is 0 Å². The van der Waals surface area contributed by atoms with Crippen LogP contribution in [0.3, 0.4) is 0 Å². The van der Waals surface area contributed by atoms with Crippen LogP contribution in [0, 0.1) is 6.92 Å². The van der Waals surface area contributed by atoms with E-state index in [1.807, 2.05) is 36.7 Å². The summed E-state index contributed by atoms with van der Waals surface area (Å²) in [6, 6.07) is 13.3. The van der Waals surface area contributed by atoms with Crippen LogP contribution < -0.4 is 10.5 Å². The van der Waals surface area contributed by atoms with E-state index < -0.39 is 5.91 Å². The van der Waals surface area contributed by atoms with Gasteiger partial charge in [-0.3, -0.25) is 9.79 Å². The van der Waals surface area contributed by atoms with Gasteiger partial charge >= 0.3 is 0 Å². The van der Waals surface area contributed by atoms with Crippen molar-refractivity contribution in [3.8, 4) is 17.0 Å². The summed E-state index contributed by atoms with van der Waals surface area (Å²) in [5.74, 6) is -0.819. The first-order valence-electron chi connectivity index (χ1n) is 10.0. The zero-order valence-electron chi connectivity index (χ0n) is 16.9. The lowest BCUT2D eigenvalue weighted by Gasteiger charge is -2.07. The van der Waals surface area contributed by atoms with Gasteiger partial charge < -0.3 is 15.8 Å². The second kappa shape index (κ2) is 7.55. The molecule has 4 aromatic rings. The number of phenols is 1. The Kier molecular flexibility index (Phi) is 4.71. The predicted molar refractivity (Wildman–Crippen MR) is 123 cm³/mol. The Bertz CT molecular complexity index is 1410. The summed E-state index contributed by atoms with van der Waals surface area (Å²) >= 11 is 1.50. The number of H-pyrrole nitrogens is 1. The molecule has 5 rings (SSSR count). The van der Waals surface area contributed by atoms with Gasteiger partial charge in [0, 0.05) is 33.1 Å². The van der Waals surface area contributed by atoms with E-state index in [0.29, 0.717) is 6.04 Å². The topological polar surface area (TPSA) is 109 Å². The van der Waals surface area contributed by atoms with Crippen molar-refractivity contribution in [2.24, 2.45) is 15.8 Å². The van der Waals surface area contributed by atoms with Crippen LogP contribution in [0.25, 0.3) is 22.2 Å². The number of aryl methyl sites for hydroxylation is 1. The zero-order chi connectivity index (χ0) is 21.5. The Morgan fingerprint density at radius 2 is 2.10 bits per heavy atom. The molecule has 7 nitrogen and oxygen atoms in total. The summed E-state index contributed by atoms with van der Waals surface area (Å²) < 4.78 is 1.79. The van der Waals surface area contributed by atoms with Crippen LogP contribution in [0.1, 0.15) is 34.5 Å². The van der Waals surface area contributed by atoms with E-state index in [2.05, 4.69) is 11.1 Å². The number of amides is 1. The molecule has 2 aromatic heterocycles. The third-order valence-corrected chi connectivity index (χ3v) is 6.16. The molecule has 31 heavy (non-hydrogen) atoms. The van der Waals surface area contributed by atoms with Crippen LogP contribution in [0.15, 0.2) is 57.9 Å². The first kappa shape index (κ1) is 19.3. The number of rotatable bonds is 5. The number of carbonyl (C=O) groups excluding carboxylic acids is 1. The van der Waals surface area contributed by atoms with Gasteiger partial charge in [0.2, 0.25) is 4.80 Å². The summed E-state index contributed by atoms with van der Waals surface area (Å²) in [6.07, 6.45) is 4.01. The third kappa shape index (κ3) is 3.66. The average Bonchev–Trinajstić information content (AvgIpc) is 3.39. The lowest BCUT2D eigenvalue weighted by atomic mass is 10.1. The van der Waals surface area contributed by atoms with Crippen LogP contribution in [0.4, 0.5) is 0 Å². The molecule has 1 saturated carbocycles. The van der Waals surface area contributed by atoms with E-state index in [4.69, 9.17) is 15.8 Å². The Hall–Kier alpha value is -3.65. The van der Waals surface area contributed by atoms with Gasteiger partial charge in [0.1, 0.15) is 5.75 Å². The average molecular weight is 432 g/mol. The fraction of sp³-hybridized carbons (Fsp3) is 0.174. The second-order valence-corrected chi connectivity index (χ2v) is 8.46. The van der Waals surface area contributed by atoms with Gasteiger partial charge in [-0.1, -0.05) is 18.2 Å². The SMILES string of the molecule is Cc1[nH]c2ccccc2c1/C=N/n1c(-c2ccc(O)c(C(N)=O)c2)csc1=NC1CC1. The number of fused-ring (bicyclic) bond motifs is 1. The monoisotopic (exact) mass is 431 g/mol. The number of thiazole rings is 1. The summed E-state index contributed by atoms with van der Waals surface area (Å²) in [5.41, 5.74) is 10.1. The van der Waals surface area contributed by atoms with E-state index in [-0.39, 0.29) is 11.3 Å². The Labute approximate surface area is 182 Å².